The maximum Gasteiger partial charge on any atom is 0.123 e. The summed E-state index contributed by atoms with van der Waals surface area (Å²) in [6.07, 6.45) is 3.41. The van der Waals surface area contributed by atoms with E-state index in [1.165, 1.54) is 11.5 Å². The first kappa shape index (κ1) is 11.2. The predicted octanol–water partition coefficient (Wildman–Crippen LogP) is 1.61. The van der Waals surface area contributed by atoms with Gasteiger partial charge in [0.05, 0.1) is 31.5 Å². The first-order valence-corrected chi connectivity index (χ1v) is 6.65. The van der Waals surface area contributed by atoms with Crippen molar-refractivity contribution in [2.75, 3.05) is 19.8 Å². The van der Waals surface area contributed by atoms with Crippen molar-refractivity contribution in [1.29, 1.82) is 0 Å². The molecule has 1 fully saturated rings. The average molecular weight is 235 g/mol. The fraction of sp³-hybridized carbons (Fsp3) is 0.769. The van der Waals surface area contributed by atoms with Crippen molar-refractivity contribution >= 4 is 0 Å². The molecule has 2 aliphatic heterocycles. The van der Waals surface area contributed by atoms with Gasteiger partial charge in [0, 0.05) is 19.3 Å². The van der Waals surface area contributed by atoms with E-state index >= 15 is 0 Å². The van der Waals surface area contributed by atoms with Crippen LogP contribution in [0.25, 0.3) is 0 Å². The summed E-state index contributed by atoms with van der Waals surface area (Å²) < 4.78 is 7.60. The lowest BCUT2D eigenvalue weighted by molar-refractivity contribution is -0.0734. The molecule has 1 atom stereocenters. The van der Waals surface area contributed by atoms with Gasteiger partial charge in [-0.15, -0.1) is 0 Å². The number of aromatic nitrogens is 2. The van der Waals surface area contributed by atoms with Crippen LogP contribution in [0.15, 0.2) is 6.20 Å². The molecule has 1 unspecified atom stereocenters. The van der Waals surface area contributed by atoms with Crippen molar-refractivity contribution in [2.45, 2.75) is 45.3 Å². The van der Waals surface area contributed by atoms with Gasteiger partial charge in [-0.3, -0.25) is 4.90 Å². The van der Waals surface area contributed by atoms with Gasteiger partial charge in [0.2, 0.25) is 0 Å². The molecule has 94 valence electrons. The molecule has 1 saturated heterocycles. The van der Waals surface area contributed by atoms with E-state index in [0.717, 1.165) is 39.3 Å². The second kappa shape index (κ2) is 4.42. The first-order valence-electron chi connectivity index (χ1n) is 6.65. The van der Waals surface area contributed by atoms with Crippen molar-refractivity contribution in [3.05, 3.63) is 17.7 Å². The van der Waals surface area contributed by atoms with Gasteiger partial charge in [0.15, 0.2) is 0 Å². The van der Waals surface area contributed by atoms with Crippen LogP contribution in [0.1, 0.15) is 37.7 Å². The van der Waals surface area contributed by atoms with Gasteiger partial charge < -0.3 is 9.30 Å². The van der Waals surface area contributed by atoms with Crippen molar-refractivity contribution in [2.24, 2.45) is 0 Å². The number of imidazole rings is 1. The van der Waals surface area contributed by atoms with Gasteiger partial charge in [-0.25, -0.2) is 4.98 Å². The van der Waals surface area contributed by atoms with Crippen LogP contribution < -0.4 is 0 Å². The Labute approximate surface area is 103 Å². The molecule has 0 aliphatic carbocycles. The van der Waals surface area contributed by atoms with E-state index in [9.17, 15) is 0 Å². The molecule has 0 amide bonds. The number of nitrogens with zero attached hydrogens (tertiary/aromatic N) is 3. The Bertz CT molecular complexity index is 397. The van der Waals surface area contributed by atoms with E-state index in [-0.39, 0.29) is 0 Å². The molecular formula is C13H21N3O. The highest BCUT2D eigenvalue weighted by Crippen LogP contribution is 2.23. The molecule has 0 radical (unpaired) electrons. The number of fused-ring (bicyclic) bond motifs is 1. The summed E-state index contributed by atoms with van der Waals surface area (Å²) in [6.45, 7) is 9.49. The highest BCUT2D eigenvalue weighted by Gasteiger charge is 2.29. The zero-order valence-electron chi connectivity index (χ0n) is 10.7. The zero-order chi connectivity index (χ0) is 11.8. The summed E-state index contributed by atoms with van der Waals surface area (Å²) in [5, 5.41) is 0. The van der Waals surface area contributed by atoms with Gasteiger partial charge in [0.25, 0.3) is 0 Å². The topological polar surface area (TPSA) is 30.3 Å². The number of hydrogen-bond acceptors (Lipinski definition) is 3. The molecule has 0 saturated carbocycles. The Morgan fingerprint density at radius 3 is 2.94 bits per heavy atom. The maximum absolute atomic E-state index is 5.27. The molecule has 4 heteroatoms. The molecule has 3 rings (SSSR count). The van der Waals surface area contributed by atoms with Gasteiger partial charge in [-0.1, -0.05) is 13.8 Å². The van der Waals surface area contributed by atoms with Crippen molar-refractivity contribution in [3.8, 4) is 0 Å². The van der Waals surface area contributed by atoms with Crippen molar-refractivity contribution in [1.82, 2.24) is 14.5 Å². The summed E-state index contributed by atoms with van der Waals surface area (Å²) in [5.41, 5.74) is 1.26. The molecule has 1 aromatic rings. The lowest BCUT2D eigenvalue weighted by atomic mass is 10.1. The third-order valence-electron chi connectivity index (χ3n) is 4.10. The van der Waals surface area contributed by atoms with E-state index in [0.29, 0.717) is 12.0 Å². The van der Waals surface area contributed by atoms with Crippen LogP contribution in [0.4, 0.5) is 0 Å². The molecule has 4 nitrogen and oxygen atoms in total. The van der Waals surface area contributed by atoms with Gasteiger partial charge in [-0.05, 0) is 12.3 Å². The van der Waals surface area contributed by atoms with E-state index in [4.69, 9.17) is 9.72 Å². The summed E-state index contributed by atoms with van der Waals surface area (Å²) in [7, 11) is 0. The normalized spacial score (nSPS) is 23.2. The fourth-order valence-electron chi connectivity index (χ4n) is 2.49. The molecule has 0 bridgehead atoms. The first-order chi connectivity index (χ1) is 8.28. The fourth-order valence-corrected chi connectivity index (χ4v) is 2.49. The Hall–Kier alpha value is -0.870. The maximum atomic E-state index is 5.27. The zero-order valence-corrected chi connectivity index (χ0v) is 10.7. The molecular weight excluding hydrogens is 214 g/mol. The molecule has 2 aliphatic rings. The van der Waals surface area contributed by atoms with Crippen molar-refractivity contribution < 1.29 is 4.74 Å². The third-order valence-corrected chi connectivity index (χ3v) is 4.10. The summed E-state index contributed by atoms with van der Waals surface area (Å²) in [5.74, 6) is 1.81. The van der Waals surface area contributed by atoms with Gasteiger partial charge >= 0.3 is 0 Å². The Morgan fingerprint density at radius 1 is 1.47 bits per heavy atom. The van der Waals surface area contributed by atoms with E-state index in [2.05, 4.69) is 29.5 Å². The standard InChI is InChI=1S/C13H21N3O/c1-3-10(2)12-6-16-5-4-15(7-13(16)14-12)11-8-17-9-11/h6,10-11H,3-5,7-9H2,1-2H3. The van der Waals surface area contributed by atoms with Crippen LogP contribution in [0, 0.1) is 0 Å². The van der Waals surface area contributed by atoms with E-state index in [1.54, 1.807) is 0 Å². The third kappa shape index (κ3) is 2.00. The molecule has 1 aromatic heterocycles. The highest BCUT2D eigenvalue weighted by atomic mass is 16.5. The number of hydrogen-bond donors (Lipinski definition) is 0. The van der Waals surface area contributed by atoms with Crippen LogP contribution in [-0.2, 0) is 17.8 Å². The molecule has 3 heterocycles. The minimum absolute atomic E-state index is 0.577. The van der Waals surface area contributed by atoms with Gasteiger partial charge in [0.1, 0.15) is 5.82 Å². The summed E-state index contributed by atoms with van der Waals surface area (Å²) in [4.78, 5) is 7.30. The van der Waals surface area contributed by atoms with Crippen molar-refractivity contribution in [3.63, 3.8) is 0 Å². The van der Waals surface area contributed by atoms with Gasteiger partial charge in [-0.2, -0.15) is 0 Å². The minimum Gasteiger partial charge on any atom is -0.378 e. The second-order valence-electron chi connectivity index (χ2n) is 5.25. The Kier molecular flexibility index (Phi) is 2.92. The lowest BCUT2D eigenvalue weighted by Crippen LogP contribution is -2.51. The Morgan fingerprint density at radius 2 is 2.29 bits per heavy atom. The molecule has 0 aromatic carbocycles. The van der Waals surface area contributed by atoms with Crippen LogP contribution in [0.3, 0.4) is 0 Å². The monoisotopic (exact) mass is 235 g/mol. The molecule has 17 heavy (non-hydrogen) atoms. The summed E-state index contributed by atoms with van der Waals surface area (Å²) in [6, 6.07) is 0.632. The lowest BCUT2D eigenvalue weighted by Gasteiger charge is -2.39. The highest BCUT2D eigenvalue weighted by molar-refractivity contribution is 5.10. The molecule has 0 spiro atoms. The van der Waals surface area contributed by atoms with Crippen LogP contribution in [0.2, 0.25) is 0 Å². The van der Waals surface area contributed by atoms with Crippen LogP contribution >= 0.6 is 0 Å². The SMILES string of the molecule is CCC(C)c1cn2c(n1)CN(C1COC1)CC2. The van der Waals surface area contributed by atoms with Crippen LogP contribution in [0.5, 0.6) is 0 Å². The second-order valence-corrected chi connectivity index (χ2v) is 5.25. The largest absolute Gasteiger partial charge is 0.378 e. The Balaban J connectivity index is 1.75. The predicted molar refractivity (Wildman–Crippen MR) is 66.0 cm³/mol. The minimum atomic E-state index is 0.577. The summed E-state index contributed by atoms with van der Waals surface area (Å²) >= 11 is 0. The average Bonchev–Trinajstić information content (AvgIpc) is 2.68. The van der Waals surface area contributed by atoms with E-state index < -0.39 is 0 Å². The number of ether oxygens (including phenoxy) is 1. The number of rotatable bonds is 3. The van der Waals surface area contributed by atoms with E-state index in [1.807, 2.05) is 0 Å². The molecule has 0 N–H and O–H groups in total. The smallest absolute Gasteiger partial charge is 0.123 e. The quantitative estimate of drug-likeness (QED) is 0.797. The van der Waals surface area contributed by atoms with Crippen LogP contribution in [-0.4, -0.2) is 40.3 Å².